The molecule has 2 rings (SSSR count). The van der Waals surface area contributed by atoms with Crippen molar-refractivity contribution in [1.82, 2.24) is 5.32 Å². The summed E-state index contributed by atoms with van der Waals surface area (Å²) in [6.07, 6.45) is 9.36. The van der Waals surface area contributed by atoms with Gasteiger partial charge in [-0.15, -0.1) is 0 Å². The minimum Gasteiger partial charge on any atom is -0.550 e. The third-order valence-electron chi connectivity index (χ3n) is 5.78. The topological polar surface area (TPSA) is 69.2 Å². The summed E-state index contributed by atoms with van der Waals surface area (Å²) in [7, 11) is 5.95. The Morgan fingerprint density at radius 1 is 0.875 bits per heavy atom. The van der Waals surface area contributed by atoms with Gasteiger partial charge in [0.15, 0.2) is 0 Å². The minimum absolute atomic E-state index is 0.0558. The maximum absolute atomic E-state index is 12.2. The Hall–Kier alpha value is -2.40. The molecule has 0 aliphatic carbocycles. The zero-order chi connectivity index (χ0) is 23.4. The largest absolute Gasteiger partial charge is 0.550 e. The molecule has 0 aliphatic rings. The van der Waals surface area contributed by atoms with Gasteiger partial charge in [0.2, 0.25) is 5.91 Å². The summed E-state index contributed by atoms with van der Waals surface area (Å²) in [6.45, 7) is 0.568. The number of aryl methyl sites for hydroxylation is 1. The van der Waals surface area contributed by atoms with E-state index in [0.29, 0.717) is 17.4 Å². The van der Waals surface area contributed by atoms with Crippen LogP contribution in [0.3, 0.4) is 0 Å². The number of fused-ring (bicyclic) bond motifs is 1. The molecule has 176 valence electrons. The first-order valence-electron chi connectivity index (χ1n) is 12.0. The molecule has 0 heterocycles. The molecule has 1 amide bonds. The Bertz CT molecular complexity index is 852. The molecule has 0 saturated heterocycles. The van der Waals surface area contributed by atoms with E-state index in [9.17, 15) is 14.7 Å². The first kappa shape index (κ1) is 25.9. The van der Waals surface area contributed by atoms with Gasteiger partial charge in [0.05, 0.1) is 33.7 Å². The van der Waals surface area contributed by atoms with Crippen molar-refractivity contribution >= 4 is 22.6 Å². The Balaban J connectivity index is 1.55. The number of hydrogen-bond acceptors (Lipinski definition) is 3. The number of carboxylic acids is 1. The number of benzene rings is 2. The Labute approximate surface area is 193 Å². The van der Waals surface area contributed by atoms with Crippen LogP contribution in [-0.2, 0) is 16.0 Å². The maximum atomic E-state index is 12.2. The first-order valence-corrected chi connectivity index (χ1v) is 12.0. The van der Waals surface area contributed by atoms with Gasteiger partial charge >= 0.3 is 0 Å². The lowest BCUT2D eigenvalue weighted by Crippen LogP contribution is -2.50. The molecule has 32 heavy (non-hydrogen) atoms. The molecule has 0 bridgehead atoms. The van der Waals surface area contributed by atoms with Crippen molar-refractivity contribution in [2.45, 2.75) is 70.3 Å². The Morgan fingerprint density at radius 2 is 1.50 bits per heavy atom. The summed E-state index contributed by atoms with van der Waals surface area (Å²) in [5.74, 6) is -1.18. The van der Waals surface area contributed by atoms with Gasteiger partial charge in [-0.2, -0.15) is 0 Å². The van der Waals surface area contributed by atoms with Gasteiger partial charge in [-0.05, 0) is 35.6 Å². The zero-order valence-electron chi connectivity index (χ0n) is 20.1. The molecule has 5 nitrogen and oxygen atoms in total. The summed E-state index contributed by atoms with van der Waals surface area (Å²) in [4.78, 5) is 23.1. The van der Waals surface area contributed by atoms with Crippen molar-refractivity contribution in [2.75, 3.05) is 27.7 Å². The molecule has 0 fully saturated rings. The lowest BCUT2D eigenvalue weighted by molar-refractivity contribution is -0.871. The molecule has 0 radical (unpaired) electrons. The number of quaternary nitrogens is 1. The monoisotopic (exact) mass is 440 g/mol. The van der Waals surface area contributed by atoms with Crippen LogP contribution in [0.15, 0.2) is 42.5 Å². The number of carbonyl (C=O) groups is 2. The SMILES string of the molecule is C[N+](C)(C)CC(CC(=O)[O-])NC(=O)CCCCCCCCCc1cccc2ccccc12. The highest BCUT2D eigenvalue weighted by molar-refractivity contribution is 5.85. The summed E-state index contributed by atoms with van der Waals surface area (Å²) >= 11 is 0. The van der Waals surface area contributed by atoms with Crippen LogP contribution >= 0.6 is 0 Å². The number of nitrogens with zero attached hydrogens (tertiary/aromatic N) is 1. The number of amides is 1. The fourth-order valence-corrected chi connectivity index (χ4v) is 4.32. The van der Waals surface area contributed by atoms with Crippen molar-refractivity contribution in [2.24, 2.45) is 0 Å². The quantitative estimate of drug-likeness (QED) is 0.338. The second-order valence-corrected chi connectivity index (χ2v) is 9.93. The van der Waals surface area contributed by atoms with Gasteiger partial charge in [-0.1, -0.05) is 74.6 Å². The number of carboxylic acid groups (broad SMARTS) is 1. The highest BCUT2D eigenvalue weighted by atomic mass is 16.4. The molecule has 0 aliphatic heterocycles. The van der Waals surface area contributed by atoms with Gasteiger partial charge in [0.25, 0.3) is 0 Å². The third kappa shape index (κ3) is 10.3. The van der Waals surface area contributed by atoms with Crippen LogP contribution in [-0.4, -0.2) is 50.1 Å². The van der Waals surface area contributed by atoms with Crippen LogP contribution in [0.4, 0.5) is 0 Å². The van der Waals surface area contributed by atoms with Crippen molar-refractivity contribution in [3.05, 3.63) is 48.0 Å². The van der Waals surface area contributed by atoms with Crippen LogP contribution in [0.1, 0.15) is 63.4 Å². The summed E-state index contributed by atoms with van der Waals surface area (Å²) < 4.78 is 0.596. The average Bonchev–Trinajstić information content (AvgIpc) is 2.70. The number of aliphatic carboxylic acids is 1. The van der Waals surface area contributed by atoms with E-state index < -0.39 is 5.97 Å². The number of hydrogen-bond donors (Lipinski definition) is 1. The van der Waals surface area contributed by atoms with E-state index in [0.717, 1.165) is 25.7 Å². The number of nitrogens with one attached hydrogen (secondary N) is 1. The smallest absolute Gasteiger partial charge is 0.220 e. The van der Waals surface area contributed by atoms with Crippen LogP contribution < -0.4 is 10.4 Å². The molecule has 2 aromatic carbocycles. The van der Waals surface area contributed by atoms with E-state index in [1.165, 1.54) is 42.0 Å². The highest BCUT2D eigenvalue weighted by Gasteiger charge is 2.20. The van der Waals surface area contributed by atoms with Gasteiger partial charge in [-0.25, -0.2) is 0 Å². The highest BCUT2D eigenvalue weighted by Crippen LogP contribution is 2.20. The molecular formula is C27H40N2O3. The van der Waals surface area contributed by atoms with Gasteiger partial charge in [0, 0.05) is 18.8 Å². The van der Waals surface area contributed by atoms with E-state index in [1.807, 2.05) is 21.1 Å². The van der Waals surface area contributed by atoms with E-state index in [1.54, 1.807) is 0 Å². The fraction of sp³-hybridized carbons (Fsp3) is 0.556. The second kappa shape index (κ2) is 13.2. The number of carbonyl (C=O) groups excluding carboxylic acids is 2. The van der Waals surface area contributed by atoms with Crippen molar-refractivity contribution in [1.29, 1.82) is 0 Å². The molecule has 0 aromatic heterocycles. The molecule has 0 saturated carbocycles. The molecule has 5 heteroatoms. The molecule has 0 spiro atoms. The fourth-order valence-electron chi connectivity index (χ4n) is 4.32. The van der Waals surface area contributed by atoms with Crippen LogP contribution in [0.2, 0.25) is 0 Å². The second-order valence-electron chi connectivity index (χ2n) is 9.93. The average molecular weight is 441 g/mol. The summed E-state index contributed by atoms with van der Waals surface area (Å²) in [5, 5.41) is 16.5. The molecule has 1 N–H and O–H groups in total. The van der Waals surface area contributed by atoms with Crippen LogP contribution in [0, 0.1) is 0 Å². The summed E-state index contributed by atoms with van der Waals surface area (Å²) in [6, 6.07) is 14.8. The number of likely N-dealkylation sites (N-methyl/N-ethyl adjacent to an activating group) is 1. The van der Waals surface area contributed by atoms with Crippen molar-refractivity contribution in [3.63, 3.8) is 0 Å². The predicted octanol–water partition coefficient (Wildman–Crippen LogP) is 3.83. The minimum atomic E-state index is -1.12. The van der Waals surface area contributed by atoms with Crippen LogP contribution in [0.5, 0.6) is 0 Å². The van der Waals surface area contributed by atoms with Gasteiger partial charge < -0.3 is 19.7 Å². The van der Waals surface area contributed by atoms with Crippen molar-refractivity contribution < 1.29 is 19.2 Å². The van der Waals surface area contributed by atoms with E-state index in [4.69, 9.17) is 0 Å². The van der Waals surface area contributed by atoms with Crippen molar-refractivity contribution in [3.8, 4) is 0 Å². The van der Waals surface area contributed by atoms with E-state index >= 15 is 0 Å². The first-order chi connectivity index (χ1) is 15.2. The number of rotatable bonds is 15. The predicted molar refractivity (Wildman–Crippen MR) is 129 cm³/mol. The Morgan fingerprint density at radius 3 is 2.19 bits per heavy atom. The standard InChI is InChI=1S/C27H40N2O3/c1-29(2,3)21-24(20-27(31)32)28-26(30)19-10-8-6-4-5-7-9-14-22-16-13-17-23-15-11-12-18-25(22)23/h11-13,15-18,24H,4-10,14,19-21H2,1-3H3,(H-,28,30,31,32). The molecular weight excluding hydrogens is 400 g/mol. The molecule has 1 atom stereocenters. The van der Waals surface area contributed by atoms with Gasteiger partial charge in [-0.3, -0.25) is 4.79 Å². The lowest BCUT2D eigenvalue weighted by Gasteiger charge is -2.30. The normalized spacial score (nSPS) is 12.6. The van der Waals surface area contributed by atoms with Gasteiger partial charge in [0.1, 0.15) is 0 Å². The Kier molecular flexibility index (Phi) is 10.7. The third-order valence-corrected chi connectivity index (χ3v) is 5.78. The maximum Gasteiger partial charge on any atom is 0.220 e. The lowest BCUT2D eigenvalue weighted by atomic mass is 9.99. The zero-order valence-corrected chi connectivity index (χ0v) is 20.1. The number of unbranched alkanes of at least 4 members (excludes halogenated alkanes) is 6. The van der Waals surface area contributed by atoms with E-state index in [-0.39, 0.29) is 18.4 Å². The van der Waals surface area contributed by atoms with Crippen LogP contribution in [0.25, 0.3) is 10.8 Å². The molecule has 2 aromatic rings. The summed E-state index contributed by atoms with van der Waals surface area (Å²) in [5.41, 5.74) is 1.44. The van der Waals surface area contributed by atoms with E-state index in [2.05, 4.69) is 47.8 Å². The molecule has 1 unspecified atom stereocenters.